The van der Waals surface area contributed by atoms with Crippen LogP contribution in [0.25, 0.3) is 0 Å². The van der Waals surface area contributed by atoms with Crippen molar-refractivity contribution in [2.75, 3.05) is 58.9 Å². The van der Waals surface area contributed by atoms with Crippen LogP contribution in [-0.4, -0.2) is 85.7 Å². The van der Waals surface area contributed by atoms with Crippen LogP contribution in [0, 0.1) is 0 Å². The first kappa shape index (κ1) is 14.8. The number of piperazine rings is 1. The number of rotatable bonds is 4. The molecule has 0 aromatic heterocycles. The molecule has 116 valence electrons. The molecule has 3 aliphatic rings. The van der Waals surface area contributed by atoms with Gasteiger partial charge in [-0.2, -0.15) is 0 Å². The lowest BCUT2D eigenvalue weighted by Gasteiger charge is -2.50. The second kappa shape index (κ2) is 7.21. The number of hydrogen-bond donors (Lipinski definition) is 1. The van der Waals surface area contributed by atoms with Crippen LogP contribution < -0.4 is 5.32 Å². The number of likely N-dealkylation sites (tertiary alicyclic amines) is 2. The molecular formula is C16H32N4. The van der Waals surface area contributed by atoms with Crippen molar-refractivity contribution in [3.05, 3.63) is 0 Å². The molecule has 0 bridgehead atoms. The predicted octanol–water partition coefficient (Wildman–Crippen LogP) is 0.840. The first-order chi connectivity index (χ1) is 9.86. The van der Waals surface area contributed by atoms with Crippen LogP contribution in [0.15, 0.2) is 0 Å². The van der Waals surface area contributed by atoms with Crippen LogP contribution in [0.2, 0.25) is 0 Å². The molecule has 4 nitrogen and oxygen atoms in total. The van der Waals surface area contributed by atoms with E-state index < -0.39 is 0 Å². The molecule has 0 aliphatic carbocycles. The Morgan fingerprint density at radius 1 is 0.900 bits per heavy atom. The second-order valence-corrected chi connectivity index (χ2v) is 6.82. The third-order valence-electron chi connectivity index (χ3n) is 5.40. The summed E-state index contributed by atoms with van der Waals surface area (Å²) in [4.78, 5) is 8.14. The van der Waals surface area contributed by atoms with E-state index in [1.54, 1.807) is 0 Å². The van der Waals surface area contributed by atoms with E-state index in [1.807, 2.05) is 0 Å². The molecule has 3 heterocycles. The van der Waals surface area contributed by atoms with Gasteiger partial charge in [0.05, 0.1) is 0 Å². The lowest BCUT2D eigenvalue weighted by atomic mass is 9.98. The standard InChI is InChI=1S/C16H32N4/c1-2-8-18-9-3-4-15(5-10-18)20-13-16(14-20)19-11-6-17-7-12-19/h15-17H,2-14H2,1H3. The van der Waals surface area contributed by atoms with Crippen LogP contribution in [0.4, 0.5) is 0 Å². The molecule has 3 saturated heterocycles. The zero-order valence-electron chi connectivity index (χ0n) is 13.2. The predicted molar refractivity (Wildman–Crippen MR) is 84.2 cm³/mol. The van der Waals surface area contributed by atoms with E-state index in [0.29, 0.717) is 0 Å². The first-order valence-corrected chi connectivity index (χ1v) is 8.78. The van der Waals surface area contributed by atoms with Gasteiger partial charge >= 0.3 is 0 Å². The Morgan fingerprint density at radius 3 is 2.45 bits per heavy atom. The maximum absolute atomic E-state index is 3.46. The molecule has 3 fully saturated rings. The molecule has 4 heteroatoms. The fraction of sp³-hybridized carbons (Fsp3) is 1.00. The molecule has 1 unspecified atom stereocenters. The van der Waals surface area contributed by atoms with Crippen molar-refractivity contribution >= 4 is 0 Å². The second-order valence-electron chi connectivity index (χ2n) is 6.82. The molecular weight excluding hydrogens is 248 g/mol. The molecule has 0 radical (unpaired) electrons. The summed E-state index contributed by atoms with van der Waals surface area (Å²) in [5, 5.41) is 3.46. The van der Waals surface area contributed by atoms with Crippen LogP contribution in [0.1, 0.15) is 32.6 Å². The summed E-state index contributed by atoms with van der Waals surface area (Å²) < 4.78 is 0. The maximum Gasteiger partial charge on any atom is 0.0351 e. The fourth-order valence-electron chi connectivity index (χ4n) is 4.11. The Kier molecular flexibility index (Phi) is 5.32. The lowest BCUT2D eigenvalue weighted by Crippen LogP contribution is -2.64. The van der Waals surface area contributed by atoms with Crippen LogP contribution in [-0.2, 0) is 0 Å². The molecule has 3 aliphatic heterocycles. The average molecular weight is 280 g/mol. The van der Waals surface area contributed by atoms with E-state index in [0.717, 1.165) is 12.1 Å². The Morgan fingerprint density at radius 2 is 1.70 bits per heavy atom. The monoisotopic (exact) mass is 280 g/mol. The largest absolute Gasteiger partial charge is 0.314 e. The molecule has 1 N–H and O–H groups in total. The minimum Gasteiger partial charge on any atom is -0.314 e. The van der Waals surface area contributed by atoms with Crippen LogP contribution in [0.5, 0.6) is 0 Å². The summed E-state index contributed by atoms with van der Waals surface area (Å²) in [5.41, 5.74) is 0. The van der Waals surface area contributed by atoms with Crippen molar-refractivity contribution in [3.63, 3.8) is 0 Å². The van der Waals surface area contributed by atoms with Gasteiger partial charge < -0.3 is 10.2 Å². The molecule has 0 spiro atoms. The van der Waals surface area contributed by atoms with E-state index >= 15 is 0 Å². The highest BCUT2D eigenvalue weighted by molar-refractivity contribution is 4.93. The summed E-state index contributed by atoms with van der Waals surface area (Å²) >= 11 is 0. The minimum absolute atomic E-state index is 0.854. The van der Waals surface area contributed by atoms with Gasteiger partial charge in [-0.15, -0.1) is 0 Å². The van der Waals surface area contributed by atoms with Crippen LogP contribution >= 0.6 is 0 Å². The number of nitrogens with one attached hydrogen (secondary N) is 1. The van der Waals surface area contributed by atoms with Gasteiger partial charge in [0.25, 0.3) is 0 Å². The topological polar surface area (TPSA) is 21.8 Å². The van der Waals surface area contributed by atoms with Crippen molar-refractivity contribution in [2.24, 2.45) is 0 Å². The molecule has 1 atom stereocenters. The van der Waals surface area contributed by atoms with Crippen molar-refractivity contribution < 1.29 is 0 Å². The summed E-state index contributed by atoms with van der Waals surface area (Å²) in [7, 11) is 0. The Balaban J connectivity index is 1.40. The third kappa shape index (κ3) is 3.53. The highest BCUT2D eigenvalue weighted by Gasteiger charge is 2.36. The number of nitrogens with zero attached hydrogens (tertiary/aromatic N) is 3. The molecule has 20 heavy (non-hydrogen) atoms. The molecule has 0 saturated carbocycles. The van der Waals surface area contributed by atoms with E-state index in [-0.39, 0.29) is 0 Å². The molecule has 0 amide bonds. The maximum atomic E-state index is 3.46. The van der Waals surface area contributed by atoms with Gasteiger partial charge in [-0.1, -0.05) is 6.92 Å². The van der Waals surface area contributed by atoms with Gasteiger partial charge in [0.15, 0.2) is 0 Å². The zero-order valence-corrected chi connectivity index (χ0v) is 13.2. The minimum atomic E-state index is 0.854. The Hall–Kier alpha value is -0.160. The van der Waals surface area contributed by atoms with Gasteiger partial charge in [-0.3, -0.25) is 9.80 Å². The Labute approximate surface area is 124 Å². The zero-order chi connectivity index (χ0) is 13.8. The third-order valence-corrected chi connectivity index (χ3v) is 5.40. The molecule has 0 aromatic carbocycles. The van der Waals surface area contributed by atoms with Crippen molar-refractivity contribution in [1.29, 1.82) is 0 Å². The highest BCUT2D eigenvalue weighted by Crippen LogP contribution is 2.24. The normalized spacial score (nSPS) is 31.9. The lowest BCUT2D eigenvalue weighted by molar-refractivity contribution is -0.00415. The molecule has 3 rings (SSSR count). The van der Waals surface area contributed by atoms with Crippen molar-refractivity contribution in [1.82, 2.24) is 20.0 Å². The van der Waals surface area contributed by atoms with Gasteiger partial charge in [-0.05, 0) is 45.3 Å². The quantitative estimate of drug-likeness (QED) is 0.824. The van der Waals surface area contributed by atoms with E-state index in [4.69, 9.17) is 0 Å². The van der Waals surface area contributed by atoms with E-state index in [1.165, 1.54) is 84.6 Å². The number of hydrogen-bond acceptors (Lipinski definition) is 4. The highest BCUT2D eigenvalue weighted by atomic mass is 15.3. The average Bonchev–Trinajstić information content (AvgIpc) is 2.65. The Bertz CT molecular complexity index is 284. The van der Waals surface area contributed by atoms with Gasteiger partial charge in [0.2, 0.25) is 0 Å². The summed E-state index contributed by atoms with van der Waals surface area (Å²) in [6.07, 6.45) is 5.53. The van der Waals surface area contributed by atoms with Gasteiger partial charge in [-0.25, -0.2) is 0 Å². The van der Waals surface area contributed by atoms with Gasteiger partial charge in [0, 0.05) is 51.4 Å². The SMILES string of the molecule is CCCN1CCCC(N2CC(N3CCNCC3)C2)CC1. The van der Waals surface area contributed by atoms with Crippen molar-refractivity contribution in [3.8, 4) is 0 Å². The van der Waals surface area contributed by atoms with Gasteiger partial charge in [0.1, 0.15) is 0 Å². The summed E-state index contributed by atoms with van der Waals surface area (Å²) in [6, 6.07) is 1.73. The van der Waals surface area contributed by atoms with E-state index in [2.05, 4.69) is 26.9 Å². The summed E-state index contributed by atoms with van der Waals surface area (Å²) in [6.45, 7) is 13.8. The fourth-order valence-corrected chi connectivity index (χ4v) is 4.11. The van der Waals surface area contributed by atoms with E-state index in [9.17, 15) is 0 Å². The smallest absolute Gasteiger partial charge is 0.0351 e. The first-order valence-electron chi connectivity index (χ1n) is 8.78. The van der Waals surface area contributed by atoms with Crippen LogP contribution in [0.3, 0.4) is 0 Å². The molecule has 0 aromatic rings. The van der Waals surface area contributed by atoms with Crippen molar-refractivity contribution in [2.45, 2.75) is 44.7 Å². The summed E-state index contributed by atoms with van der Waals surface area (Å²) in [5.74, 6) is 0.